The van der Waals surface area contributed by atoms with Crippen molar-refractivity contribution < 1.29 is 28.5 Å². The summed E-state index contributed by atoms with van der Waals surface area (Å²) in [5, 5.41) is 0. The van der Waals surface area contributed by atoms with Gasteiger partial charge in [0.25, 0.3) is 0 Å². The Morgan fingerprint density at radius 2 is 0.387 bits per heavy atom. The number of benzene rings is 16. The van der Waals surface area contributed by atoms with Crippen molar-refractivity contribution in [1.29, 1.82) is 0 Å². The maximum atomic E-state index is 13.0. The molecular formula is C113H94O6. The van der Waals surface area contributed by atoms with Gasteiger partial charge in [-0.3, -0.25) is 0 Å². The van der Waals surface area contributed by atoms with Crippen LogP contribution >= 0.6 is 0 Å². The van der Waals surface area contributed by atoms with E-state index >= 15 is 0 Å². The third-order valence-electron chi connectivity index (χ3n) is 25.2. The Morgan fingerprint density at radius 3 is 0.639 bits per heavy atom. The zero-order valence-electron chi connectivity index (χ0n) is 69.4. The summed E-state index contributed by atoms with van der Waals surface area (Å²) in [7, 11) is 0. The second kappa shape index (κ2) is 31.9. The van der Waals surface area contributed by atoms with Gasteiger partial charge in [-0.05, 0) is 347 Å². The molecule has 0 radical (unpaired) electrons. The quantitative estimate of drug-likeness (QED) is 0.0798. The first-order valence-corrected chi connectivity index (χ1v) is 41.0. The molecule has 0 N–H and O–H groups in total. The third-order valence-corrected chi connectivity index (χ3v) is 25.2. The van der Waals surface area contributed by atoms with E-state index in [1.165, 1.54) is 122 Å². The predicted octanol–water partition coefficient (Wildman–Crippen LogP) is 27.9. The van der Waals surface area contributed by atoms with Crippen molar-refractivity contribution >= 4 is 11.9 Å². The van der Waals surface area contributed by atoms with Crippen LogP contribution in [0.5, 0.6) is 34.5 Å². The van der Waals surface area contributed by atoms with Crippen molar-refractivity contribution in [3.63, 3.8) is 0 Å². The maximum Gasteiger partial charge on any atom is 0.343 e. The summed E-state index contributed by atoms with van der Waals surface area (Å²) in [6.07, 6.45) is 0. The van der Waals surface area contributed by atoms with Gasteiger partial charge in [0.2, 0.25) is 0 Å². The summed E-state index contributed by atoms with van der Waals surface area (Å²) in [4.78, 5) is 26.0. The molecule has 0 unspecified atom stereocenters. The number of fused-ring (bicyclic) bond motifs is 9. The maximum absolute atomic E-state index is 13.0. The molecule has 0 atom stereocenters. The van der Waals surface area contributed by atoms with Crippen LogP contribution in [0, 0.1) is 83.1 Å². The summed E-state index contributed by atoms with van der Waals surface area (Å²) in [6.45, 7) is 25.3. The van der Waals surface area contributed by atoms with Crippen molar-refractivity contribution in [1.82, 2.24) is 0 Å². The average molecular weight is 1550 g/mol. The molecule has 0 aromatic heterocycles. The van der Waals surface area contributed by atoms with Gasteiger partial charge in [0.1, 0.15) is 34.5 Å². The SMILES string of the molecule is Cc1ccc(C(=O)Oc2ccc(C3(c4ccc(OC(=O)c5ccc(C)c(C)c5)cc4)c4ccccc4-c4ccccc43)cc2)cc1C.Cc1ccc(C2(c3ccc(C)c(C)c3)c3ccccc3-c3ccccc32)cc1C.Cc1ccc(Oc2ccc(C3(c4ccc(Oc5ccc(C)c(C)c5)cc4)c4ccccc4-c4ccccc43)cc2)cc1C. The molecule has 0 fully saturated rings. The Morgan fingerprint density at radius 1 is 0.185 bits per heavy atom. The highest BCUT2D eigenvalue weighted by Crippen LogP contribution is 2.60. The fourth-order valence-corrected chi connectivity index (χ4v) is 18.0. The zero-order valence-corrected chi connectivity index (χ0v) is 69.4. The number of carbonyl (C=O) groups is 2. The molecule has 6 heteroatoms. The van der Waals surface area contributed by atoms with Crippen molar-refractivity contribution in [2.75, 3.05) is 0 Å². The zero-order chi connectivity index (χ0) is 82.4. The summed E-state index contributed by atoms with van der Waals surface area (Å²) in [6, 6.07) is 123. The second-order valence-electron chi connectivity index (χ2n) is 32.3. The predicted molar refractivity (Wildman–Crippen MR) is 484 cm³/mol. The highest BCUT2D eigenvalue weighted by Gasteiger charge is 2.49. The number of carbonyl (C=O) groups excluding carboxylic acids is 2. The van der Waals surface area contributed by atoms with E-state index in [0.29, 0.717) is 22.6 Å². The van der Waals surface area contributed by atoms with Crippen molar-refractivity contribution in [2.24, 2.45) is 0 Å². The van der Waals surface area contributed by atoms with Crippen LogP contribution in [0.1, 0.15) is 154 Å². The van der Waals surface area contributed by atoms with Crippen LogP contribution in [0.4, 0.5) is 0 Å². The van der Waals surface area contributed by atoms with Gasteiger partial charge in [0.05, 0.1) is 27.4 Å². The summed E-state index contributed by atoms with van der Waals surface area (Å²) in [5.41, 5.74) is 36.6. The normalized spacial score (nSPS) is 13.0. The van der Waals surface area contributed by atoms with E-state index in [0.717, 1.165) is 67.5 Å². The summed E-state index contributed by atoms with van der Waals surface area (Å²) >= 11 is 0. The molecule has 0 bridgehead atoms. The lowest BCUT2D eigenvalue weighted by Crippen LogP contribution is -2.29. The number of aryl methyl sites for hydroxylation is 12. The lowest BCUT2D eigenvalue weighted by molar-refractivity contribution is 0.0725. The van der Waals surface area contributed by atoms with Crippen LogP contribution in [0.2, 0.25) is 0 Å². The number of rotatable bonds is 14. The monoisotopic (exact) mass is 1550 g/mol. The number of esters is 2. The first kappa shape index (κ1) is 77.6. The Hall–Kier alpha value is -13.9. The van der Waals surface area contributed by atoms with E-state index in [2.05, 4.69) is 310 Å². The van der Waals surface area contributed by atoms with Gasteiger partial charge in [-0.2, -0.15) is 0 Å². The molecular weight excluding hydrogens is 1450 g/mol. The fraction of sp³-hybridized carbons (Fsp3) is 0.133. The van der Waals surface area contributed by atoms with E-state index in [4.69, 9.17) is 18.9 Å². The molecule has 0 spiro atoms. The topological polar surface area (TPSA) is 71.1 Å². The lowest BCUT2D eigenvalue weighted by atomic mass is 9.67. The second-order valence-corrected chi connectivity index (χ2v) is 32.3. The smallest absolute Gasteiger partial charge is 0.343 e. The van der Waals surface area contributed by atoms with Gasteiger partial charge >= 0.3 is 11.9 Å². The molecule has 3 aliphatic rings. The number of hydrogen-bond donors (Lipinski definition) is 0. The van der Waals surface area contributed by atoms with E-state index < -0.39 is 22.8 Å². The summed E-state index contributed by atoms with van der Waals surface area (Å²) < 4.78 is 24.2. The molecule has 0 saturated heterocycles. The average Bonchev–Trinajstić information content (AvgIpc) is 1.55. The van der Waals surface area contributed by atoms with Gasteiger partial charge < -0.3 is 18.9 Å². The van der Waals surface area contributed by atoms with Gasteiger partial charge in [-0.15, -0.1) is 0 Å². The van der Waals surface area contributed by atoms with Gasteiger partial charge in [-0.25, -0.2) is 9.59 Å². The molecule has 6 nitrogen and oxygen atoms in total. The van der Waals surface area contributed by atoms with Crippen LogP contribution in [0.15, 0.2) is 352 Å². The third kappa shape index (κ3) is 14.0. The van der Waals surface area contributed by atoms with Crippen molar-refractivity contribution in [3.05, 3.63) is 496 Å². The fourth-order valence-electron chi connectivity index (χ4n) is 18.0. The minimum Gasteiger partial charge on any atom is -0.457 e. The lowest BCUT2D eigenvalue weighted by Gasteiger charge is -2.34. The van der Waals surface area contributed by atoms with E-state index in [1.54, 1.807) is 12.1 Å². The minimum atomic E-state index is -0.652. The first-order chi connectivity index (χ1) is 57.7. The van der Waals surface area contributed by atoms with Gasteiger partial charge in [0.15, 0.2) is 0 Å². The molecule has 16 aromatic carbocycles. The van der Waals surface area contributed by atoms with Crippen LogP contribution < -0.4 is 18.9 Å². The van der Waals surface area contributed by atoms with E-state index in [-0.39, 0.29) is 5.41 Å². The van der Waals surface area contributed by atoms with E-state index in [9.17, 15) is 9.59 Å². The van der Waals surface area contributed by atoms with Crippen LogP contribution in [0.25, 0.3) is 33.4 Å². The van der Waals surface area contributed by atoms with Crippen molar-refractivity contribution in [3.8, 4) is 67.9 Å². The molecule has 119 heavy (non-hydrogen) atoms. The first-order valence-electron chi connectivity index (χ1n) is 41.0. The largest absolute Gasteiger partial charge is 0.457 e. The Labute approximate surface area is 699 Å². The molecule has 0 amide bonds. The van der Waals surface area contributed by atoms with Crippen LogP contribution in [-0.2, 0) is 16.2 Å². The number of ether oxygens (including phenoxy) is 4. The number of hydrogen-bond acceptors (Lipinski definition) is 6. The van der Waals surface area contributed by atoms with Crippen LogP contribution in [-0.4, -0.2) is 11.9 Å². The van der Waals surface area contributed by atoms with Gasteiger partial charge in [-0.1, -0.05) is 255 Å². The minimum absolute atomic E-state index is 0.288. The molecule has 0 saturated carbocycles. The molecule has 0 aliphatic heterocycles. The Kier molecular flexibility index (Phi) is 20.8. The van der Waals surface area contributed by atoms with Crippen molar-refractivity contribution in [2.45, 2.75) is 99.3 Å². The molecule has 19 rings (SSSR count). The highest BCUT2D eigenvalue weighted by molar-refractivity contribution is 5.93. The summed E-state index contributed by atoms with van der Waals surface area (Å²) in [5.74, 6) is 3.50. The molecule has 16 aromatic rings. The molecule has 582 valence electrons. The van der Waals surface area contributed by atoms with Crippen LogP contribution in [0.3, 0.4) is 0 Å². The molecule has 3 aliphatic carbocycles. The molecule has 0 heterocycles. The Bertz CT molecular complexity index is 6200. The van der Waals surface area contributed by atoms with E-state index in [1.807, 2.05) is 113 Å². The van der Waals surface area contributed by atoms with Gasteiger partial charge in [0, 0.05) is 0 Å². The standard InChI is InChI=1S/C43H34O4.C41H34O2.C29H26/c1-27-13-15-31(25-29(27)3)41(44)46-35-21-17-33(18-22-35)43(39-11-7-5-9-37(39)38-10-6-8-12-40(38)43)34-19-23-36(24-20-34)47-42(45)32-16-14-28(2)30(4)26-32;1-27-13-19-35(25-29(27)3)42-33-21-15-31(16-22-33)41(39-11-7-5-9-37(39)38-10-6-8-12-40(38)41)32-17-23-34(24-18-32)43-36-20-14-28(2)30(4)26-36;1-19-13-15-23(17-21(19)3)29(24-16-14-20(2)22(4)18-24)27-11-7-5-9-25(27)26-10-6-8-12-28(26)29/h5-26H,1-4H3;5-26H,1-4H3;5-18H,1-4H3. The highest BCUT2D eigenvalue weighted by atomic mass is 16.5. The Balaban J connectivity index is 0.000000131.